The van der Waals surface area contributed by atoms with Crippen LogP contribution in [0.15, 0.2) is 0 Å². The van der Waals surface area contributed by atoms with Crippen LogP contribution < -0.4 is 0 Å². The Labute approximate surface area is 206 Å². The molecule has 0 saturated carbocycles. The summed E-state index contributed by atoms with van der Waals surface area (Å²) >= 11 is 0. The summed E-state index contributed by atoms with van der Waals surface area (Å²) in [6.07, 6.45) is 18.2. The number of rotatable bonds is 25. The Kier molecular flexibility index (Phi) is 22.7. The van der Waals surface area contributed by atoms with Crippen molar-refractivity contribution in [2.45, 2.75) is 130 Å². The molecule has 0 bridgehead atoms. The van der Waals surface area contributed by atoms with Crippen LogP contribution in [-0.2, 0) is 13.3 Å². The molecule has 198 valence electrons. The number of unbranched alkanes of at least 4 members (excludes halogenated alkanes) is 13. The van der Waals surface area contributed by atoms with E-state index in [2.05, 4.69) is 6.92 Å². The Bertz CT molecular complexity index is 422. The van der Waals surface area contributed by atoms with Gasteiger partial charge in [0.05, 0.1) is 0 Å². The van der Waals surface area contributed by atoms with Crippen molar-refractivity contribution in [1.82, 2.24) is 4.90 Å². The fourth-order valence-corrected chi connectivity index (χ4v) is 6.88. The first-order valence-electron chi connectivity index (χ1n) is 13.9. The Morgan fingerprint density at radius 3 is 1.33 bits per heavy atom. The molecule has 0 heterocycles. The minimum atomic E-state index is -2.69. The van der Waals surface area contributed by atoms with Crippen molar-refractivity contribution in [3.8, 4) is 0 Å². The zero-order valence-electron chi connectivity index (χ0n) is 22.4. The van der Waals surface area contributed by atoms with E-state index in [-0.39, 0.29) is 0 Å². The van der Waals surface area contributed by atoms with Crippen LogP contribution in [0.5, 0.6) is 0 Å². The molecule has 0 aliphatic carbocycles. The Morgan fingerprint density at radius 1 is 0.606 bits per heavy atom. The van der Waals surface area contributed by atoms with Gasteiger partial charge in [0.25, 0.3) is 0 Å². The van der Waals surface area contributed by atoms with E-state index in [1.807, 2.05) is 20.8 Å². The summed E-state index contributed by atoms with van der Waals surface area (Å²) < 4.78 is 17.6. The predicted molar refractivity (Wildman–Crippen MR) is 140 cm³/mol. The van der Waals surface area contributed by atoms with E-state index >= 15 is 0 Å². The summed E-state index contributed by atoms with van der Waals surface area (Å²) in [5.41, 5.74) is 0. The van der Waals surface area contributed by atoms with Crippen molar-refractivity contribution in [3.05, 3.63) is 0 Å². The quantitative estimate of drug-likeness (QED) is 0.104. The standard InChI is InChI=1S/C26H55NO5Si/c1-5-9-10-11-12-13-14-15-16-17-18-19-20-21-23-27(26(28)29)24-22-25-33(30-6-2,31-7-3)32-8-4/h5-25H2,1-4H3,(H,28,29). The second-order valence-corrected chi connectivity index (χ2v) is 11.7. The SMILES string of the molecule is CCCCCCCCCCCCCCCCN(CCC[Si](OCC)(OCC)OCC)C(=O)O. The summed E-state index contributed by atoms with van der Waals surface area (Å²) in [5, 5.41) is 9.56. The molecule has 33 heavy (non-hydrogen) atoms. The van der Waals surface area contributed by atoms with Crippen molar-refractivity contribution < 1.29 is 23.2 Å². The van der Waals surface area contributed by atoms with E-state index < -0.39 is 14.9 Å². The summed E-state index contributed by atoms with van der Waals surface area (Å²) in [7, 11) is -2.69. The fraction of sp³-hybridized carbons (Fsp3) is 0.962. The normalized spacial score (nSPS) is 11.8. The second-order valence-electron chi connectivity index (χ2n) is 8.95. The third-order valence-corrected chi connectivity index (χ3v) is 9.21. The van der Waals surface area contributed by atoms with Gasteiger partial charge in [-0.2, -0.15) is 0 Å². The van der Waals surface area contributed by atoms with Crippen molar-refractivity contribution >= 4 is 14.9 Å². The first-order chi connectivity index (χ1) is 16.0. The van der Waals surface area contributed by atoms with E-state index in [1.165, 1.54) is 77.0 Å². The summed E-state index contributed by atoms with van der Waals surface area (Å²) in [6, 6.07) is 0.658. The van der Waals surface area contributed by atoms with E-state index in [0.29, 0.717) is 45.4 Å². The van der Waals surface area contributed by atoms with Crippen LogP contribution in [0, 0.1) is 0 Å². The number of hydrogen-bond acceptors (Lipinski definition) is 4. The predicted octanol–water partition coefficient (Wildman–Crippen LogP) is 7.89. The maximum Gasteiger partial charge on any atom is 0.500 e. The average molecular weight is 490 g/mol. The monoisotopic (exact) mass is 489 g/mol. The molecule has 0 aliphatic heterocycles. The van der Waals surface area contributed by atoms with Gasteiger partial charge < -0.3 is 23.3 Å². The van der Waals surface area contributed by atoms with Crippen molar-refractivity contribution in [2.24, 2.45) is 0 Å². The summed E-state index contributed by atoms with van der Waals surface area (Å²) in [6.45, 7) is 10.9. The van der Waals surface area contributed by atoms with Crippen molar-refractivity contribution in [2.75, 3.05) is 32.9 Å². The highest BCUT2D eigenvalue weighted by Gasteiger charge is 2.39. The van der Waals surface area contributed by atoms with Crippen LogP contribution in [0.1, 0.15) is 124 Å². The molecule has 7 heteroatoms. The first-order valence-corrected chi connectivity index (χ1v) is 15.9. The molecule has 0 aliphatic rings. The van der Waals surface area contributed by atoms with Crippen LogP contribution in [0.3, 0.4) is 0 Å². The van der Waals surface area contributed by atoms with E-state index in [4.69, 9.17) is 13.3 Å². The average Bonchev–Trinajstić information content (AvgIpc) is 2.78. The molecule has 6 nitrogen and oxygen atoms in total. The van der Waals surface area contributed by atoms with Crippen molar-refractivity contribution in [1.29, 1.82) is 0 Å². The third kappa shape index (κ3) is 18.4. The molecule has 0 rings (SSSR count). The van der Waals surface area contributed by atoms with Crippen LogP contribution in [0.2, 0.25) is 6.04 Å². The number of carbonyl (C=O) groups is 1. The van der Waals surface area contributed by atoms with E-state index in [9.17, 15) is 9.90 Å². The van der Waals surface area contributed by atoms with Gasteiger partial charge in [0.15, 0.2) is 0 Å². The van der Waals surface area contributed by atoms with Gasteiger partial charge in [0, 0.05) is 39.0 Å². The Morgan fingerprint density at radius 2 is 0.970 bits per heavy atom. The minimum absolute atomic E-state index is 0.510. The Balaban J connectivity index is 3.88. The number of amides is 1. The van der Waals surface area contributed by atoms with E-state index in [0.717, 1.165) is 12.8 Å². The zero-order valence-corrected chi connectivity index (χ0v) is 23.4. The van der Waals surface area contributed by atoms with Gasteiger partial charge in [-0.05, 0) is 33.6 Å². The van der Waals surface area contributed by atoms with Crippen LogP contribution in [0.4, 0.5) is 4.79 Å². The van der Waals surface area contributed by atoms with Crippen molar-refractivity contribution in [3.63, 3.8) is 0 Å². The molecule has 0 fully saturated rings. The number of nitrogens with zero attached hydrogens (tertiary/aromatic N) is 1. The lowest BCUT2D eigenvalue weighted by Crippen LogP contribution is -2.46. The maximum absolute atomic E-state index is 11.6. The summed E-state index contributed by atoms with van der Waals surface area (Å²) in [4.78, 5) is 13.2. The van der Waals surface area contributed by atoms with Crippen LogP contribution in [-0.4, -0.2) is 57.8 Å². The molecule has 0 saturated heterocycles. The summed E-state index contributed by atoms with van der Waals surface area (Å²) in [5.74, 6) is 0. The molecule has 0 aromatic rings. The van der Waals surface area contributed by atoms with Gasteiger partial charge in [-0.15, -0.1) is 0 Å². The highest BCUT2D eigenvalue weighted by molar-refractivity contribution is 6.60. The lowest BCUT2D eigenvalue weighted by Gasteiger charge is -2.29. The highest BCUT2D eigenvalue weighted by atomic mass is 28.4. The molecule has 0 radical (unpaired) electrons. The smallest absolute Gasteiger partial charge is 0.465 e. The lowest BCUT2D eigenvalue weighted by molar-refractivity contribution is 0.0695. The molecule has 0 aromatic heterocycles. The molecular weight excluding hydrogens is 434 g/mol. The van der Waals surface area contributed by atoms with Gasteiger partial charge in [-0.3, -0.25) is 0 Å². The lowest BCUT2D eigenvalue weighted by atomic mass is 10.0. The van der Waals surface area contributed by atoms with Gasteiger partial charge in [-0.1, -0.05) is 90.4 Å². The first kappa shape index (κ1) is 32.4. The van der Waals surface area contributed by atoms with Gasteiger partial charge in [0.2, 0.25) is 0 Å². The third-order valence-electron chi connectivity index (χ3n) is 6.06. The number of carboxylic acid groups (broad SMARTS) is 1. The maximum atomic E-state index is 11.6. The second kappa shape index (κ2) is 23.1. The molecule has 0 spiro atoms. The van der Waals surface area contributed by atoms with Gasteiger partial charge in [0.1, 0.15) is 0 Å². The van der Waals surface area contributed by atoms with Gasteiger partial charge in [-0.25, -0.2) is 4.79 Å². The largest absolute Gasteiger partial charge is 0.500 e. The minimum Gasteiger partial charge on any atom is -0.465 e. The van der Waals surface area contributed by atoms with Crippen LogP contribution in [0.25, 0.3) is 0 Å². The van der Waals surface area contributed by atoms with Gasteiger partial charge >= 0.3 is 14.9 Å². The fourth-order valence-electron chi connectivity index (χ4n) is 4.29. The molecule has 1 N–H and O–H groups in total. The Hall–Kier alpha value is -0.633. The highest BCUT2D eigenvalue weighted by Crippen LogP contribution is 2.19. The van der Waals surface area contributed by atoms with E-state index in [1.54, 1.807) is 4.90 Å². The number of hydrogen-bond donors (Lipinski definition) is 1. The molecule has 1 amide bonds. The molecule has 0 atom stereocenters. The van der Waals surface area contributed by atoms with Crippen LogP contribution >= 0.6 is 0 Å². The molecular formula is C26H55NO5Si. The molecule has 0 unspecified atom stereocenters. The topological polar surface area (TPSA) is 68.2 Å². The molecule has 0 aromatic carbocycles. The zero-order chi connectivity index (χ0) is 24.6.